The standard InChI is InChI=1S/C62H98N4O4/c1-15-44-36-52(60(6,7)8)38-46(56(44)68-29-21-17-25-64)34-48-40-54(62(12,13)14)42-50(58(48)70-31-23-19-27-66)35-49-41-53(61(9,10)11)39-47(57(49)69-30-22-18-26-65)33-45-37-51(59(3,4)5)32-43(2)55(45)67-28-20-16-24-63/h32,36-42H,15-31,33-35,63-66H2,1-14H3. The minimum atomic E-state index is -0.137. The number of rotatable bonds is 27. The lowest BCUT2D eigenvalue weighted by Crippen LogP contribution is -2.17. The first-order chi connectivity index (χ1) is 33.0. The van der Waals surface area contributed by atoms with Gasteiger partial charge in [-0.3, -0.25) is 0 Å². The van der Waals surface area contributed by atoms with Crippen LogP contribution in [0.15, 0.2) is 48.5 Å². The van der Waals surface area contributed by atoms with Gasteiger partial charge in [0.15, 0.2) is 0 Å². The van der Waals surface area contributed by atoms with Gasteiger partial charge in [-0.2, -0.15) is 0 Å². The number of nitrogens with two attached hydrogens (primary N) is 4. The van der Waals surface area contributed by atoms with Crippen LogP contribution < -0.4 is 41.9 Å². The molecule has 8 N–H and O–H groups in total. The summed E-state index contributed by atoms with van der Waals surface area (Å²) in [5.74, 6) is 3.83. The maximum absolute atomic E-state index is 7.11. The topological polar surface area (TPSA) is 141 Å². The van der Waals surface area contributed by atoms with Gasteiger partial charge < -0.3 is 41.9 Å². The zero-order chi connectivity index (χ0) is 51.9. The molecule has 0 aliphatic rings. The third-order valence-corrected chi connectivity index (χ3v) is 13.4. The van der Waals surface area contributed by atoms with Gasteiger partial charge in [0.1, 0.15) is 23.0 Å². The summed E-state index contributed by atoms with van der Waals surface area (Å²) in [5.41, 5.74) is 38.1. The van der Waals surface area contributed by atoms with Gasteiger partial charge in [0, 0.05) is 19.3 Å². The van der Waals surface area contributed by atoms with Crippen LogP contribution in [0.1, 0.15) is 208 Å². The lowest BCUT2D eigenvalue weighted by molar-refractivity contribution is 0.297. The molecular weight excluding hydrogens is 865 g/mol. The third-order valence-electron chi connectivity index (χ3n) is 13.4. The van der Waals surface area contributed by atoms with Crippen molar-refractivity contribution in [2.24, 2.45) is 22.9 Å². The van der Waals surface area contributed by atoms with E-state index in [2.05, 4.69) is 145 Å². The molecule has 0 fully saturated rings. The Bertz CT molecular complexity index is 2250. The van der Waals surface area contributed by atoms with Gasteiger partial charge in [-0.25, -0.2) is 0 Å². The fourth-order valence-electron chi connectivity index (χ4n) is 8.95. The Balaban J connectivity index is 2.08. The van der Waals surface area contributed by atoms with Crippen LogP contribution in [0.3, 0.4) is 0 Å². The van der Waals surface area contributed by atoms with Crippen molar-refractivity contribution in [1.29, 1.82) is 0 Å². The minimum absolute atomic E-state index is 0.0442. The van der Waals surface area contributed by atoms with E-state index in [0.717, 1.165) is 103 Å². The van der Waals surface area contributed by atoms with E-state index in [0.29, 0.717) is 71.9 Å². The average molecular weight is 963 g/mol. The molecule has 0 radical (unpaired) electrons. The molecule has 70 heavy (non-hydrogen) atoms. The molecule has 0 saturated carbocycles. The Morgan fingerprint density at radius 3 is 0.814 bits per heavy atom. The van der Waals surface area contributed by atoms with Crippen LogP contribution in [0.5, 0.6) is 23.0 Å². The van der Waals surface area contributed by atoms with Crippen LogP contribution in [0.2, 0.25) is 0 Å². The second-order valence-electron chi connectivity index (χ2n) is 23.9. The molecule has 4 aromatic rings. The van der Waals surface area contributed by atoms with Crippen molar-refractivity contribution in [2.45, 2.75) is 196 Å². The van der Waals surface area contributed by atoms with Gasteiger partial charge in [0.25, 0.3) is 0 Å². The molecule has 390 valence electrons. The van der Waals surface area contributed by atoms with Gasteiger partial charge >= 0.3 is 0 Å². The molecule has 0 aliphatic carbocycles. The largest absolute Gasteiger partial charge is 0.493 e. The molecule has 0 saturated heterocycles. The summed E-state index contributed by atoms with van der Waals surface area (Å²) >= 11 is 0. The van der Waals surface area contributed by atoms with E-state index in [9.17, 15) is 0 Å². The zero-order valence-corrected chi connectivity index (χ0v) is 46.7. The molecule has 0 spiro atoms. The van der Waals surface area contributed by atoms with Gasteiger partial charge in [0.05, 0.1) is 26.4 Å². The molecular formula is C62H98N4O4. The highest BCUT2D eigenvalue weighted by atomic mass is 16.5. The lowest BCUT2D eigenvalue weighted by Gasteiger charge is -2.28. The number of benzene rings is 4. The fourth-order valence-corrected chi connectivity index (χ4v) is 8.95. The van der Waals surface area contributed by atoms with Gasteiger partial charge in [-0.05, 0) is 179 Å². The summed E-state index contributed by atoms with van der Waals surface area (Å²) in [6.07, 6.45) is 10.0. The van der Waals surface area contributed by atoms with E-state index in [1.807, 2.05) is 0 Å². The Hall–Kier alpha value is -4.08. The van der Waals surface area contributed by atoms with Crippen LogP contribution in [-0.2, 0) is 47.3 Å². The molecule has 8 nitrogen and oxygen atoms in total. The highest BCUT2D eigenvalue weighted by Crippen LogP contribution is 2.43. The van der Waals surface area contributed by atoms with E-state index in [1.54, 1.807) is 0 Å². The van der Waals surface area contributed by atoms with Gasteiger partial charge in [0.2, 0.25) is 0 Å². The summed E-state index contributed by atoms with van der Waals surface area (Å²) in [5, 5.41) is 0. The van der Waals surface area contributed by atoms with E-state index in [1.165, 1.54) is 44.5 Å². The van der Waals surface area contributed by atoms with E-state index in [-0.39, 0.29) is 21.7 Å². The second kappa shape index (κ2) is 26.6. The van der Waals surface area contributed by atoms with Crippen molar-refractivity contribution in [3.8, 4) is 23.0 Å². The summed E-state index contributed by atoms with van der Waals surface area (Å²) < 4.78 is 27.7. The Morgan fingerprint density at radius 2 is 0.557 bits per heavy atom. The maximum atomic E-state index is 7.11. The Labute approximate surface area is 426 Å². The second-order valence-corrected chi connectivity index (χ2v) is 23.9. The van der Waals surface area contributed by atoms with Crippen LogP contribution in [-0.4, -0.2) is 52.6 Å². The molecule has 0 amide bonds. The van der Waals surface area contributed by atoms with Gasteiger partial charge in [-0.15, -0.1) is 0 Å². The predicted octanol–water partition coefficient (Wildman–Crippen LogP) is 13.0. The van der Waals surface area contributed by atoms with E-state index < -0.39 is 0 Å². The summed E-state index contributed by atoms with van der Waals surface area (Å²) in [7, 11) is 0. The quantitative estimate of drug-likeness (QED) is 0.0433. The van der Waals surface area contributed by atoms with Crippen molar-refractivity contribution < 1.29 is 18.9 Å². The van der Waals surface area contributed by atoms with E-state index in [4.69, 9.17) is 41.9 Å². The van der Waals surface area contributed by atoms with Crippen LogP contribution in [0.25, 0.3) is 0 Å². The maximum Gasteiger partial charge on any atom is 0.126 e. The number of aryl methyl sites for hydroxylation is 2. The lowest BCUT2D eigenvalue weighted by atomic mass is 9.80. The summed E-state index contributed by atoms with van der Waals surface area (Å²) in [6.45, 7) is 37.0. The van der Waals surface area contributed by atoms with Crippen LogP contribution >= 0.6 is 0 Å². The van der Waals surface area contributed by atoms with Crippen LogP contribution in [0, 0.1) is 6.92 Å². The minimum Gasteiger partial charge on any atom is -0.493 e. The molecule has 0 unspecified atom stereocenters. The molecule has 0 aromatic heterocycles. The van der Waals surface area contributed by atoms with Gasteiger partial charge in [-0.1, -0.05) is 139 Å². The molecule has 0 heterocycles. The van der Waals surface area contributed by atoms with Crippen LogP contribution in [0.4, 0.5) is 0 Å². The predicted molar refractivity (Wildman–Crippen MR) is 298 cm³/mol. The van der Waals surface area contributed by atoms with Crippen molar-refractivity contribution in [3.05, 3.63) is 115 Å². The average Bonchev–Trinajstić information content (AvgIpc) is 3.27. The first kappa shape index (κ1) is 58.5. The van der Waals surface area contributed by atoms with Crippen molar-refractivity contribution in [3.63, 3.8) is 0 Å². The Morgan fingerprint density at radius 1 is 0.329 bits per heavy atom. The fraction of sp³-hybridized carbons (Fsp3) is 0.613. The third kappa shape index (κ3) is 17.0. The molecule has 0 atom stereocenters. The Kier molecular flexibility index (Phi) is 22.2. The summed E-state index contributed by atoms with van der Waals surface area (Å²) in [4.78, 5) is 0. The molecule has 8 heteroatoms. The first-order valence-corrected chi connectivity index (χ1v) is 26.9. The monoisotopic (exact) mass is 963 g/mol. The molecule has 0 bridgehead atoms. The smallest absolute Gasteiger partial charge is 0.126 e. The first-order valence-electron chi connectivity index (χ1n) is 26.9. The molecule has 4 aromatic carbocycles. The highest BCUT2D eigenvalue weighted by molar-refractivity contribution is 5.58. The zero-order valence-electron chi connectivity index (χ0n) is 46.7. The summed E-state index contributed by atoms with van der Waals surface area (Å²) in [6, 6.07) is 19.0. The number of hydrogen-bond acceptors (Lipinski definition) is 8. The highest BCUT2D eigenvalue weighted by Gasteiger charge is 2.28. The van der Waals surface area contributed by atoms with Crippen molar-refractivity contribution in [2.75, 3.05) is 52.6 Å². The van der Waals surface area contributed by atoms with E-state index >= 15 is 0 Å². The SMILES string of the molecule is CCc1cc(C(C)(C)C)cc(Cc2cc(C(C)(C)C)cc(Cc3cc(C(C)(C)C)cc(Cc4cc(C(C)(C)C)cc(C)c4OCCCCN)c3OCCCCN)c2OCCCCN)c1OCCCCN. The molecule has 0 aliphatic heterocycles. The number of ether oxygens (including phenoxy) is 4. The number of hydrogen-bond donors (Lipinski definition) is 4. The molecule has 4 rings (SSSR count). The number of unbranched alkanes of at least 4 members (excludes halogenated alkanes) is 4. The van der Waals surface area contributed by atoms with Crippen molar-refractivity contribution in [1.82, 2.24) is 0 Å². The van der Waals surface area contributed by atoms with Crippen molar-refractivity contribution >= 4 is 0 Å². The normalized spacial score (nSPS) is 12.4.